The highest BCUT2D eigenvalue weighted by Gasteiger charge is 2.50. The summed E-state index contributed by atoms with van der Waals surface area (Å²) in [6.07, 6.45) is -6.91. The van der Waals surface area contributed by atoms with Crippen LogP contribution in [-0.4, -0.2) is 29.2 Å². The van der Waals surface area contributed by atoms with Crippen molar-refractivity contribution in [2.24, 2.45) is 10.7 Å². The van der Waals surface area contributed by atoms with Crippen LogP contribution in [0.4, 0.5) is 27.6 Å². The van der Waals surface area contributed by atoms with Crippen LogP contribution in [0.3, 0.4) is 0 Å². The Morgan fingerprint density at radius 1 is 1.35 bits per heavy atom. The Kier molecular flexibility index (Phi) is 5.54. The first-order valence-electron chi connectivity index (χ1n) is 8.68. The molecule has 2 atom stereocenters. The number of amides is 1. The fourth-order valence-electron chi connectivity index (χ4n) is 3.06. The number of nitrogens with zero attached hydrogens (tertiary/aromatic N) is 3. The molecule has 0 aliphatic carbocycles. The standard InChI is InChI=1S/C19H14F5N5O2/c1-18(6-14(19(22,23)24)31-17(26)29-18)11-4-10(5-12(20)15(11)21)28-16(30)13-3-2-9(7-25)8-27-13/h2-5,8,14H,6H2,1H3,(H2,26,29)(H,28,30)/t14-,18-/m0/s1. The lowest BCUT2D eigenvalue weighted by atomic mass is 9.85. The van der Waals surface area contributed by atoms with Crippen LogP contribution in [0, 0.1) is 23.0 Å². The van der Waals surface area contributed by atoms with Crippen molar-refractivity contribution in [3.05, 3.63) is 58.9 Å². The zero-order valence-electron chi connectivity index (χ0n) is 15.8. The Balaban J connectivity index is 1.96. The largest absolute Gasteiger partial charge is 0.452 e. The number of halogens is 5. The van der Waals surface area contributed by atoms with Gasteiger partial charge in [0.2, 0.25) is 0 Å². The second-order valence-electron chi connectivity index (χ2n) is 6.89. The molecule has 31 heavy (non-hydrogen) atoms. The summed E-state index contributed by atoms with van der Waals surface area (Å²) in [7, 11) is 0. The summed E-state index contributed by atoms with van der Waals surface area (Å²) in [5, 5.41) is 11.0. The number of anilines is 1. The predicted molar refractivity (Wildman–Crippen MR) is 97.8 cm³/mol. The Morgan fingerprint density at radius 2 is 2.06 bits per heavy atom. The van der Waals surface area contributed by atoms with Gasteiger partial charge in [-0.2, -0.15) is 18.4 Å². The van der Waals surface area contributed by atoms with Crippen LogP contribution in [0.25, 0.3) is 0 Å². The zero-order chi connectivity index (χ0) is 23.0. The summed E-state index contributed by atoms with van der Waals surface area (Å²) in [6, 6.07) is 5.20. The van der Waals surface area contributed by atoms with Gasteiger partial charge in [0.1, 0.15) is 11.8 Å². The van der Waals surface area contributed by atoms with Crippen LogP contribution >= 0.6 is 0 Å². The van der Waals surface area contributed by atoms with E-state index in [1.807, 2.05) is 6.07 Å². The number of alkyl halides is 3. The smallest absolute Gasteiger partial charge is 0.425 e. The van der Waals surface area contributed by atoms with Crippen LogP contribution in [0.2, 0.25) is 0 Å². The maximum absolute atomic E-state index is 14.5. The van der Waals surface area contributed by atoms with E-state index in [-0.39, 0.29) is 16.9 Å². The van der Waals surface area contributed by atoms with E-state index in [4.69, 9.17) is 11.0 Å². The summed E-state index contributed by atoms with van der Waals surface area (Å²) < 4.78 is 72.7. The maximum atomic E-state index is 14.5. The number of carbonyl (C=O) groups excluding carboxylic acids is 1. The van der Waals surface area contributed by atoms with Crippen molar-refractivity contribution >= 4 is 17.6 Å². The average Bonchev–Trinajstić information content (AvgIpc) is 2.69. The minimum atomic E-state index is -4.82. The van der Waals surface area contributed by atoms with Crippen molar-refractivity contribution in [3.63, 3.8) is 0 Å². The SMILES string of the molecule is C[C@@]1(c2cc(NC(=O)c3ccc(C#N)cn3)cc(F)c2F)C[C@@H](C(F)(F)F)OC(N)=N1. The lowest BCUT2D eigenvalue weighted by Gasteiger charge is -2.36. The van der Waals surface area contributed by atoms with Gasteiger partial charge in [0, 0.05) is 29.9 Å². The Labute approximate surface area is 172 Å². The van der Waals surface area contributed by atoms with Gasteiger partial charge in [0.05, 0.1) is 11.1 Å². The topological polar surface area (TPSA) is 113 Å². The number of hydrogen-bond donors (Lipinski definition) is 2. The fraction of sp³-hybridized carbons (Fsp3) is 0.263. The summed E-state index contributed by atoms with van der Waals surface area (Å²) in [5.74, 6) is -3.66. The number of nitrogens with two attached hydrogens (primary N) is 1. The molecular weight excluding hydrogens is 425 g/mol. The maximum Gasteiger partial charge on any atom is 0.425 e. The first kappa shape index (κ1) is 21.9. The van der Waals surface area contributed by atoms with Crippen molar-refractivity contribution in [3.8, 4) is 6.07 Å². The van der Waals surface area contributed by atoms with Gasteiger partial charge in [-0.25, -0.2) is 18.8 Å². The zero-order valence-corrected chi connectivity index (χ0v) is 15.8. The average molecular weight is 439 g/mol. The molecule has 0 bridgehead atoms. The second kappa shape index (κ2) is 7.82. The molecule has 1 aromatic heterocycles. The Bertz CT molecular complexity index is 1090. The number of nitrogens with one attached hydrogen (secondary N) is 1. The highest BCUT2D eigenvalue weighted by molar-refractivity contribution is 6.02. The predicted octanol–water partition coefficient (Wildman–Crippen LogP) is 3.36. The van der Waals surface area contributed by atoms with Gasteiger partial charge in [-0.05, 0) is 25.1 Å². The van der Waals surface area contributed by atoms with Gasteiger partial charge < -0.3 is 15.8 Å². The van der Waals surface area contributed by atoms with Gasteiger partial charge in [-0.1, -0.05) is 0 Å². The van der Waals surface area contributed by atoms with Gasteiger partial charge in [0.25, 0.3) is 11.9 Å². The van der Waals surface area contributed by atoms with Gasteiger partial charge >= 0.3 is 6.18 Å². The number of benzene rings is 1. The number of rotatable bonds is 3. The number of amidine groups is 1. The first-order valence-corrected chi connectivity index (χ1v) is 8.68. The molecule has 0 saturated carbocycles. The summed E-state index contributed by atoms with van der Waals surface area (Å²) >= 11 is 0. The van der Waals surface area contributed by atoms with Gasteiger partial charge in [0.15, 0.2) is 17.7 Å². The fourth-order valence-corrected chi connectivity index (χ4v) is 3.06. The van der Waals surface area contributed by atoms with Gasteiger partial charge in [-0.15, -0.1) is 0 Å². The quantitative estimate of drug-likeness (QED) is 0.712. The monoisotopic (exact) mass is 439 g/mol. The molecule has 0 fully saturated rings. The van der Waals surface area contributed by atoms with Crippen LogP contribution in [0.1, 0.15) is 35.0 Å². The van der Waals surface area contributed by atoms with E-state index in [0.717, 1.165) is 19.2 Å². The lowest BCUT2D eigenvalue weighted by Crippen LogP contribution is -2.46. The van der Waals surface area contributed by atoms with E-state index < -0.39 is 53.4 Å². The molecule has 1 aliphatic rings. The molecule has 0 spiro atoms. The second-order valence-corrected chi connectivity index (χ2v) is 6.89. The van der Waals surface area contributed by atoms with E-state index in [2.05, 4.69) is 20.0 Å². The molecule has 2 aromatic rings. The molecular formula is C19H14F5N5O2. The molecule has 3 N–H and O–H groups in total. The molecule has 0 radical (unpaired) electrons. The third kappa shape index (κ3) is 4.55. The number of pyridine rings is 1. The highest BCUT2D eigenvalue weighted by atomic mass is 19.4. The summed E-state index contributed by atoms with van der Waals surface area (Å²) in [4.78, 5) is 19.9. The van der Waals surface area contributed by atoms with Crippen molar-refractivity contribution in [1.29, 1.82) is 5.26 Å². The van der Waals surface area contributed by atoms with Crippen molar-refractivity contribution in [2.75, 3.05) is 5.32 Å². The van der Waals surface area contributed by atoms with E-state index >= 15 is 0 Å². The van der Waals surface area contributed by atoms with Crippen LogP contribution in [0.15, 0.2) is 35.5 Å². The number of nitriles is 1. The summed E-state index contributed by atoms with van der Waals surface area (Å²) in [5.41, 5.74) is 2.73. The molecule has 3 rings (SSSR count). The van der Waals surface area contributed by atoms with E-state index in [9.17, 15) is 26.7 Å². The van der Waals surface area contributed by atoms with Crippen LogP contribution < -0.4 is 11.1 Å². The highest BCUT2D eigenvalue weighted by Crippen LogP contribution is 2.41. The molecule has 1 amide bonds. The molecule has 162 valence electrons. The van der Waals surface area contributed by atoms with Crippen molar-refractivity contribution in [1.82, 2.24) is 4.98 Å². The molecule has 12 heteroatoms. The molecule has 1 aromatic carbocycles. The molecule has 0 saturated heterocycles. The number of carbonyl (C=O) groups is 1. The number of ether oxygens (including phenoxy) is 1. The van der Waals surface area contributed by atoms with E-state index in [0.29, 0.717) is 6.07 Å². The molecule has 1 aliphatic heterocycles. The summed E-state index contributed by atoms with van der Waals surface area (Å²) in [6.45, 7) is 1.15. The molecule has 7 nitrogen and oxygen atoms in total. The first-order chi connectivity index (χ1) is 14.4. The van der Waals surface area contributed by atoms with E-state index in [1.165, 1.54) is 12.1 Å². The third-order valence-electron chi connectivity index (χ3n) is 4.56. The molecule has 0 unspecified atom stereocenters. The van der Waals surface area contributed by atoms with Crippen LogP contribution in [-0.2, 0) is 10.3 Å². The minimum absolute atomic E-state index is 0.123. The molecule has 2 heterocycles. The minimum Gasteiger partial charge on any atom is -0.452 e. The van der Waals surface area contributed by atoms with E-state index in [1.54, 1.807) is 0 Å². The number of aliphatic imine (C=N–C) groups is 1. The number of aromatic nitrogens is 1. The third-order valence-corrected chi connectivity index (χ3v) is 4.56. The van der Waals surface area contributed by atoms with Crippen molar-refractivity contribution in [2.45, 2.75) is 31.2 Å². The van der Waals surface area contributed by atoms with Crippen molar-refractivity contribution < 1.29 is 31.5 Å². The Morgan fingerprint density at radius 3 is 2.65 bits per heavy atom. The van der Waals surface area contributed by atoms with Crippen LogP contribution in [0.5, 0.6) is 0 Å². The lowest BCUT2D eigenvalue weighted by molar-refractivity contribution is -0.208. The normalized spacial score (nSPS) is 20.9. The Hall–Kier alpha value is -3.75. The number of hydrogen-bond acceptors (Lipinski definition) is 6. The van der Waals surface area contributed by atoms with Gasteiger partial charge in [-0.3, -0.25) is 4.79 Å².